The minimum Gasteiger partial charge on any atom is -0.493 e. The molecule has 0 aromatic rings. The number of rotatable bonds is 7. The highest BCUT2D eigenvalue weighted by molar-refractivity contribution is 5.23. The lowest BCUT2D eigenvalue weighted by molar-refractivity contribution is 0.233. The van der Waals surface area contributed by atoms with Gasteiger partial charge in [-0.15, -0.1) is 0 Å². The maximum Gasteiger partial charge on any atom is 0.113 e. The number of allylic oxidation sites excluding steroid dienone is 7. The van der Waals surface area contributed by atoms with E-state index in [4.69, 9.17) is 4.74 Å². The fourth-order valence-corrected chi connectivity index (χ4v) is 1.22. The highest BCUT2D eigenvalue weighted by atomic mass is 16.5. The highest BCUT2D eigenvalue weighted by Gasteiger charge is 1.96. The van der Waals surface area contributed by atoms with Gasteiger partial charge in [-0.2, -0.15) is 0 Å². The second-order valence-electron chi connectivity index (χ2n) is 4.00. The Kier molecular flexibility index (Phi) is 8.85. The molecule has 0 amide bonds. The quantitative estimate of drug-likeness (QED) is 0.445. The zero-order valence-corrected chi connectivity index (χ0v) is 11.5. The average molecular weight is 232 g/mol. The molecule has 0 radical (unpaired) electrons. The summed E-state index contributed by atoms with van der Waals surface area (Å²) in [6, 6.07) is 0. The smallest absolute Gasteiger partial charge is 0.113 e. The Morgan fingerprint density at radius 3 is 2.35 bits per heavy atom. The molecule has 0 saturated carbocycles. The van der Waals surface area contributed by atoms with Gasteiger partial charge in [0, 0.05) is 6.42 Å². The molecule has 0 fully saturated rings. The van der Waals surface area contributed by atoms with Crippen molar-refractivity contribution in [1.29, 1.82) is 0 Å². The summed E-state index contributed by atoms with van der Waals surface area (Å²) < 4.78 is 5.76. The third-order valence-corrected chi connectivity index (χ3v) is 2.09. The van der Waals surface area contributed by atoms with E-state index < -0.39 is 0 Å². The van der Waals surface area contributed by atoms with Crippen molar-refractivity contribution in [3.63, 3.8) is 0 Å². The second-order valence-corrected chi connectivity index (χ2v) is 4.00. The van der Waals surface area contributed by atoms with E-state index in [1.54, 1.807) is 6.08 Å². The molecule has 0 bridgehead atoms. The molecule has 0 N–H and O–H groups in total. The first kappa shape index (κ1) is 15.5. The SMILES string of the molecule is C=C/C=C(\C=C/C)CO/C(=C/C=C(C)C)CC. The van der Waals surface area contributed by atoms with E-state index in [-0.39, 0.29) is 0 Å². The molecule has 0 rings (SSSR count). The van der Waals surface area contributed by atoms with Gasteiger partial charge >= 0.3 is 0 Å². The molecule has 0 saturated heterocycles. The van der Waals surface area contributed by atoms with Crippen molar-refractivity contribution >= 4 is 0 Å². The van der Waals surface area contributed by atoms with Crippen molar-refractivity contribution in [3.8, 4) is 0 Å². The Morgan fingerprint density at radius 1 is 1.18 bits per heavy atom. The lowest BCUT2D eigenvalue weighted by atomic mass is 10.2. The first-order valence-electron chi connectivity index (χ1n) is 6.05. The number of ether oxygens (including phenoxy) is 1. The Balaban J connectivity index is 4.50. The zero-order chi connectivity index (χ0) is 13.1. The number of hydrogen-bond acceptors (Lipinski definition) is 1. The minimum absolute atomic E-state index is 0.590. The molecule has 0 aromatic carbocycles. The highest BCUT2D eigenvalue weighted by Crippen LogP contribution is 2.08. The van der Waals surface area contributed by atoms with Crippen LogP contribution in [0.2, 0.25) is 0 Å². The predicted molar refractivity (Wildman–Crippen MR) is 76.9 cm³/mol. The Morgan fingerprint density at radius 2 is 1.88 bits per heavy atom. The van der Waals surface area contributed by atoms with Gasteiger partial charge in [0.05, 0.1) is 5.76 Å². The zero-order valence-electron chi connectivity index (χ0n) is 11.5. The molecule has 0 aliphatic rings. The molecular weight excluding hydrogens is 208 g/mol. The van der Waals surface area contributed by atoms with Crippen LogP contribution in [-0.2, 0) is 4.74 Å². The largest absolute Gasteiger partial charge is 0.493 e. The summed E-state index contributed by atoms with van der Waals surface area (Å²) >= 11 is 0. The Bertz CT molecular complexity index is 337. The van der Waals surface area contributed by atoms with Gasteiger partial charge in [0.1, 0.15) is 6.61 Å². The summed E-state index contributed by atoms with van der Waals surface area (Å²) in [4.78, 5) is 0. The van der Waals surface area contributed by atoms with Crippen LogP contribution in [0.25, 0.3) is 0 Å². The van der Waals surface area contributed by atoms with Crippen molar-refractivity contribution in [2.24, 2.45) is 0 Å². The maximum atomic E-state index is 5.76. The Labute approximate surface area is 106 Å². The molecule has 0 aromatic heterocycles. The van der Waals surface area contributed by atoms with Gasteiger partial charge < -0.3 is 4.74 Å². The molecule has 1 nitrogen and oxygen atoms in total. The van der Waals surface area contributed by atoms with E-state index in [9.17, 15) is 0 Å². The van der Waals surface area contributed by atoms with Crippen LogP contribution in [-0.4, -0.2) is 6.61 Å². The summed E-state index contributed by atoms with van der Waals surface area (Å²) in [5.74, 6) is 1.01. The minimum atomic E-state index is 0.590. The van der Waals surface area contributed by atoms with Crippen molar-refractivity contribution in [3.05, 3.63) is 59.9 Å². The molecular formula is C16H24O. The van der Waals surface area contributed by atoms with Crippen LogP contribution >= 0.6 is 0 Å². The van der Waals surface area contributed by atoms with Crippen molar-refractivity contribution in [1.82, 2.24) is 0 Å². The van der Waals surface area contributed by atoms with Crippen LogP contribution in [0.15, 0.2) is 59.9 Å². The van der Waals surface area contributed by atoms with E-state index in [1.807, 2.05) is 31.2 Å². The van der Waals surface area contributed by atoms with Crippen LogP contribution in [0.3, 0.4) is 0 Å². The van der Waals surface area contributed by atoms with E-state index in [2.05, 4.69) is 33.4 Å². The van der Waals surface area contributed by atoms with Crippen LogP contribution in [0.4, 0.5) is 0 Å². The summed E-state index contributed by atoms with van der Waals surface area (Å²) in [6.07, 6.45) is 12.8. The summed E-state index contributed by atoms with van der Waals surface area (Å²) in [5, 5.41) is 0. The summed E-state index contributed by atoms with van der Waals surface area (Å²) in [5.41, 5.74) is 2.40. The van der Waals surface area contributed by atoms with Crippen LogP contribution < -0.4 is 0 Å². The van der Waals surface area contributed by atoms with Gasteiger partial charge in [0.2, 0.25) is 0 Å². The Hall–Kier alpha value is -1.50. The fraction of sp³-hybridized carbons (Fsp3) is 0.375. The molecule has 94 valence electrons. The molecule has 0 spiro atoms. The first-order chi connectivity index (χ1) is 8.13. The van der Waals surface area contributed by atoms with Crippen LogP contribution in [0.1, 0.15) is 34.1 Å². The van der Waals surface area contributed by atoms with E-state index in [1.165, 1.54) is 5.57 Å². The molecule has 0 heterocycles. The number of hydrogen-bond donors (Lipinski definition) is 0. The third kappa shape index (κ3) is 8.32. The summed E-state index contributed by atoms with van der Waals surface area (Å²) in [7, 11) is 0. The third-order valence-electron chi connectivity index (χ3n) is 2.09. The molecule has 17 heavy (non-hydrogen) atoms. The molecule has 1 heteroatoms. The van der Waals surface area contributed by atoms with Gasteiger partial charge in [-0.05, 0) is 32.4 Å². The fourth-order valence-electron chi connectivity index (χ4n) is 1.22. The lowest BCUT2D eigenvalue weighted by Crippen LogP contribution is -1.96. The van der Waals surface area contributed by atoms with Gasteiger partial charge in [-0.3, -0.25) is 0 Å². The molecule has 0 unspecified atom stereocenters. The predicted octanol–water partition coefficient (Wildman–Crippen LogP) is 4.95. The molecule has 0 aliphatic heterocycles. The van der Waals surface area contributed by atoms with E-state index in [0.717, 1.165) is 17.8 Å². The van der Waals surface area contributed by atoms with Crippen LogP contribution in [0, 0.1) is 0 Å². The monoisotopic (exact) mass is 232 g/mol. The van der Waals surface area contributed by atoms with E-state index in [0.29, 0.717) is 6.61 Å². The van der Waals surface area contributed by atoms with E-state index >= 15 is 0 Å². The van der Waals surface area contributed by atoms with Gasteiger partial charge in [0.15, 0.2) is 0 Å². The summed E-state index contributed by atoms with van der Waals surface area (Å²) in [6.45, 7) is 12.5. The first-order valence-corrected chi connectivity index (χ1v) is 6.05. The van der Waals surface area contributed by atoms with Crippen LogP contribution in [0.5, 0.6) is 0 Å². The topological polar surface area (TPSA) is 9.23 Å². The standard InChI is InChI=1S/C16H24O/c1-6-9-15(10-7-2)13-17-16(8-3)12-11-14(4)5/h6-7,9-12H,1,8,13H2,2-5H3/b10-7-,15-9+,16-12+. The second kappa shape index (κ2) is 9.71. The van der Waals surface area contributed by atoms with Gasteiger partial charge in [-0.1, -0.05) is 49.5 Å². The maximum absolute atomic E-state index is 5.76. The lowest BCUT2D eigenvalue weighted by Gasteiger charge is -2.08. The van der Waals surface area contributed by atoms with Gasteiger partial charge in [0.25, 0.3) is 0 Å². The normalized spacial score (nSPS) is 12.7. The van der Waals surface area contributed by atoms with Gasteiger partial charge in [-0.25, -0.2) is 0 Å². The van der Waals surface area contributed by atoms with Crippen molar-refractivity contribution in [2.75, 3.05) is 6.61 Å². The van der Waals surface area contributed by atoms with Crippen molar-refractivity contribution < 1.29 is 4.74 Å². The average Bonchev–Trinajstić information content (AvgIpc) is 2.29. The van der Waals surface area contributed by atoms with Crippen molar-refractivity contribution in [2.45, 2.75) is 34.1 Å². The molecule has 0 atom stereocenters. The molecule has 0 aliphatic carbocycles.